The molecule has 5 nitrogen and oxygen atoms in total. The highest BCUT2D eigenvalue weighted by atomic mass is 16.6. The molecule has 2 rings (SSSR count). The van der Waals surface area contributed by atoms with Gasteiger partial charge in [-0.05, 0) is 26.3 Å². The van der Waals surface area contributed by atoms with Crippen molar-refractivity contribution < 1.29 is 19.4 Å². The Morgan fingerprint density at radius 1 is 1.35 bits per heavy atom. The van der Waals surface area contributed by atoms with Crippen LogP contribution in [0.3, 0.4) is 0 Å². The van der Waals surface area contributed by atoms with Gasteiger partial charge in [0.15, 0.2) is 0 Å². The minimum absolute atomic E-state index is 0.186. The molecule has 0 spiro atoms. The first-order valence-corrected chi connectivity index (χ1v) is 6.47. The minimum atomic E-state index is -0.597. The van der Waals surface area contributed by atoms with E-state index in [9.17, 15) is 9.90 Å². The molecule has 20 heavy (non-hydrogen) atoms. The normalized spacial score (nSPS) is 19.1. The molecular formula is C15H19NO4. The summed E-state index contributed by atoms with van der Waals surface area (Å²) in [7, 11) is 0. The maximum atomic E-state index is 12.2. The summed E-state index contributed by atoms with van der Waals surface area (Å²) in [5.41, 5.74) is 0.321. The summed E-state index contributed by atoms with van der Waals surface area (Å²) in [6.45, 7) is 5.58. The van der Waals surface area contributed by atoms with E-state index in [1.807, 2.05) is 30.3 Å². The van der Waals surface area contributed by atoms with Gasteiger partial charge in [-0.3, -0.25) is 4.90 Å². The second-order valence-corrected chi connectivity index (χ2v) is 5.59. The Morgan fingerprint density at radius 3 is 2.60 bits per heavy atom. The zero-order valence-electron chi connectivity index (χ0n) is 11.9. The van der Waals surface area contributed by atoms with Crippen molar-refractivity contribution in [3.05, 3.63) is 48.0 Å². The summed E-state index contributed by atoms with van der Waals surface area (Å²) in [6, 6.07) is 9.17. The number of carbonyl (C=O) groups excluding carboxylic acids is 1. The number of hydrogen-bond donors (Lipinski definition) is 1. The molecule has 0 saturated carbocycles. The van der Waals surface area contributed by atoms with Crippen LogP contribution in [0.4, 0.5) is 4.79 Å². The van der Waals surface area contributed by atoms with Gasteiger partial charge in [0.25, 0.3) is 5.95 Å². The van der Waals surface area contributed by atoms with Gasteiger partial charge in [0.05, 0.1) is 12.2 Å². The molecule has 0 fully saturated rings. The van der Waals surface area contributed by atoms with Crippen molar-refractivity contribution in [1.82, 2.24) is 4.90 Å². The summed E-state index contributed by atoms with van der Waals surface area (Å²) in [4.78, 5) is 13.6. The van der Waals surface area contributed by atoms with Gasteiger partial charge in [-0.25, -0.2) is 4.79 Å². The van der Waals surface area contributed by atoms with E-state index in [-0.39, 0.29) is 18.6 Å². The molecule has 1 amide bonds. The number of aliphatic hydroxyl groups is 1. The Hall–Kier alpha value is -2.17. The van der Waals surface area contributed by atoms with Gasteiger partial charge in [-0.1, -0.05) is 30.3 Å². The third-order valence-corrected chi connectivity index (χ3v) is 2.76. The molecule has 1 heterocycles. The molecule has 0 unspecified atom stereocenters. The average Bonchev–Trinajstić information content (AvgIpc) is 2.37. The van der Waals surface area contributed by atoms with Crippen LogP contribution in [0.5, 0.6) is 0 Å². The number of amides is 1. The van der Waals surface area contributed by atoms with Gasteiger partial charge in [-0.2, -0.15) is 0 Å². The second-order valence-electron chi connectivity index (χ2n) is 5.59. The van der Waals surface area contributed by atoms with Crippen LogP contribution in [0.15, 0.2) is 42.5 Å². The Labute approximate surface area is 118 Å². The molecule has 1 aromatic carbocycles. The Morgan fingerprint density at radius 2 is 2.00 bits per heavy atom. The number of ether oxygens (including phenoxy) is 2. The Bertz CT molecular complexity index is 504. The highest BCUT2D eigenvalue weighted by molar-refractivity contribution is 5.70. The van der Waals surface area contributed by atoms with Crippen LogP contribution in [-0.4, -0.2) is 28.3 Å². The fourth-order valence-electron chi connectivity index (χ4n) is 1.92. The van der Waals surface area contributed by atoms with Crippen molar-refractivity contribution in [3.8, 4) is 0 Å². The molecule has 1 aliphatic heterocycles. The van der Waals surface area contributed by atoms with Gasteiger partial charge in [0.2, 0.25) is 0 Å². The first-order valence-electron chi connectivity index (χ1n) is 6.47. The molecule has 0 radical (unpaired) electrons. The van der Waals surface area contributed by atoms with Gasteiger partial charge >= 0.3 is 6.09 Å². The van der Waals surface area contributed by atoms with Crippen molar-refractivity contribution in [3.63, 3.8) is 0 Å². The zero-order valence-corrected chi connectivity index (χ0v) is 11.9. The van der Waals surface area contributed by atoms with Crippen molar-refractivity contribution in [2.75, 3.05) is 6.61 Å². The fraction of sp³-hybridized carbons (Fsp3) is 0.400. The number of aliphatic hydroxyl groups excluding tert-OH is 1. The lowest BCUT2D eigenvalue weighted by atomic mass is 10.1. The molecule has 0 bridgehead atoms. The third kappa shape index (κ3) is 3.44. The topological polar surface area (TPSA) is 59.0 Å². The molecule has 1 atom stereocenters. The van der Waals surface area contributed by atoms with Crippen LogP contribution in [0.1, 0.15) is 32.4 Å². The maximum Gasteiger partial charge on any atom is 0.415 e. The summed E-state index contributed by atoms with van der Waals surface area (Å²) in [6.07, 6.45) is 0.746. The van der Waals surface area contributed by atoms with Crippen LogP contribution in [0.25, 0.3) is 0 Å². The van der Waals surface area contributed by atoms with E-state index in [1.54, 1.807) is 20.8 Å². The van der Waals surface area contributed by atoms with Gasteiger partial charge in [0.1, 0.15) is 12.2 Å². The van der Waals surface area contributed by atoms with Gasteiger partial charge < -0.3 is 14.6 Å². The minimum Gasteiger partial charge on any atom is -0.480 e. The summed E-state index contributed by atoms with van der Waals surface area (Å²) in [5.74, 6) is -0.289. The van der Waals surface area contributed by atoms with E-state index in [4.69, 9.17) is 9.47 Å². The molecule has 0 saturated heterocycles. The van der Waals surface area contributed by atoms with Crippen molar-refractivity contribution in [2.24, 2.45) is 0 Å². The van der Waals surface area contributed by atoms with Crippen molar-refractivity contribution >= 4 is 6.09 Å². The lowest BCUT2D eigenvalue weighted by Crippen LogP contribution is -2.40. The third-order valence-electron chi connectivity index (χ3n) is 2.76. The number of carbonyl (C=O) groups is 1. The van der Waals surface area contributed by atoms with E-state index in [2.05, 4.69) is 0 Å². The van der Waals surface area contributed by atoms with Crippen LogP contribution < -0.4 is 0 Å². The van der Waals surface area contributed by atoms with E-state index >= 15 is 0 Å². The van der Waals surface area contributed by atoms with E-state index < -0.39 is 11.7 Å². The molecule has 1 N–H and O–H groups in total. The van der Waals surface area contributed by atoms with Gasteiger partial charge in [-0.15, -0.1) is 0 Å². The molecule has 5 heteroatoms. The van der Waals surface area contributed by atoms with Crippen LogP contribution in [0.2, 0.25) is 0 Å². The second kappa shape index (κ2) is 5.45. The van der Waals surface area contributed by atoms with Crippen LogP contribution in [-0.2, 0) is 9.47 Å². The largest absolute Gasteiger partial charge is 0.480 e. The predicted molar refractivity (Wildman–Crippen MR) is 73.9 cm³/mol. The lowest BCUT2D eigenvalue weighted by molar-refractivity contribution is -0.0104. The van der Waals surface area contributed by atoms with Crippen molar-refractivity contribution in [2.45, 2.75) is 32.4 Å². The predicted octanol–water partition coefficient (Wildman–Crippen LogP) is 3.35. The Balaban J connectivity index is 2.25. The fourth-order valence-corrected chi connectivity index (χ4v) is 1.92. The molecule has 1 aromatic rings. The highest BCUT2D eigenvalue weighted by Crippen LogP contribution is 2.28. The maximum absolute atomic E-state index is 12.2. The average molecular weight is 277 g/mol. The zero-order chi connectivity index (χ0) is 14.8. The summed E-state index contributed by atoms with van der Waals surface area (Å²) >= 11 is 0. The molecule has 108 valence electrons. The molecule has 1 aliphatic rings. The number of nitrogens with zero attached hydrogens (tertiary/aromatic N) is 1. The quantitative estimate of drug-likeness (QED) is 0.855. The van der Waals surface area contributed by atoms with E-state index in [1.165, 1.54) is 11.1 Å². The summed E-state index contributed by atoms with van der Waals surface area (Å²) in [5, 5.41) is 9.48. The monoisotopic (exact) mass is 277 g/mol. The Kier molecular flexibility index (Phi) is 3.88. The first kappa shape index (κ1) is 14.2. The number of hydrogen-bond acceptors (Lipinski definition) is 4. The molecular weight excluding hydrogens is 258 g/mol. The number of benzene rings is 1. The SMILES string of the molecule is CC(C)(C)OC(=O)N1C=C(O)OC[C@H]1c1ccccc1. The van der Waals surface area contributed by atoms with E-state index in [0.29, 0.717) is 0 Å². The van der Waals surface area contributed by atoms with Crippen molar-refractivity contribution in [1.29, 1.82) is 0 Å². The van der Waals surface area contributed by atoms with Gasteiger partial charge in [0, 0.05) is 0 Å². The molecule has 0 aliphatic carbocycles. The number of rotatable bonds is 1. The standard InChI is InChI=1S/C15H19NO4/c1-15(2,3)20-14(18)16-9-13(17)19-10-12(16)11-7-5-4-6-8-11/h4-9,12,17H,10H2,1-3H3/t12-/m0/s1. The highest BCUT2D eigenvalue weighted by Gasteiger charge is 2.32. The molecule has 0 aromatic heterocycles. The van der Waals surface area contributed by atoms with E-state index in [0.717, 1.165) is 5.56 Å². The lowest BCUT2D eigenvalue weighted by Gasteiger charge is -2.33. The summed E-state index contributed by atoms with van der Waals surface area (Å²) < 4.78 is 10.5. The van der Waals surface area contributed by atoms with Crippen LogP contribution in [0, 0.1) is 0 Å². The smallest absolute Gasteiger partial charge is 0.415 e. The van der Waals surface area contributed by atoms with Crippen LogP contribution >= 0.6 is 0 Å². The first-order chi connectivity index (χ1) is 9.37.